The first-order valence-electron chi connectivity index (χ1n) is 7.21. The predicted octanol–water partition coefficient (Wildman–Crippen LogP) is 6.48. The average molecular weight is 254 g/mol. The van der Waals surface area contributed by atoms with Crippen LogP contribution < -0.4 is 0 Å². The highest BCUT2D eigenvalue weighted by Gasteiger charge is 1.99. The van der Waals surface area contributed by atoms with Gasteiger partial charge in [0, 0.05) is 0 Å². The summed E-state index contributed by atoms with van der Waals surface area (Å²) in [6, 6.07) is 2.09. The Balaban J connectivity index is -0.000000215. The van der Waals surface area contributed by atoms with Crippen molar-refractivity contribution < 1.29 is 4.42 Å². The summed E-state index contributed by atoms with van der Waals surface area (Å²) in [5, 5.41) is 0. The van der Waals surface area contributed by atoms with E-state index in [0.717, 1.165) is 24.4 Å². The van der Waals surface area contributed by atoms with E-state index in [1.54, 1.807) is 0 Å². The van der Waals surface area contributed by atoms with Crippen molar-refractivity contribution >= 4 is 0 Å². The number of hydrogen-bond acceptors (Lipinski definition) is 1. The van der Waals surface area contributed by atoms with Crippen LogP contribution in [0.1, 0.15) is 72.0 Å². The van der Waals surface area contributed by atoms with Crippen molar-refractivity contribution in [3.8, 4) is 0 Å². The van der Waals surface area contributed by atoms with E-state index in [0.29, 0.717) is 0 Å². The van der Waals surface area contributed by atoms with Crippen molar-refractivity contribution in [3.63, 3.8) is 0 Å². The maximum absolute atomic E-state index is 5.31. The molecule has 0 radical (unpaired) electrons. The fraction of sp³-hybridized carbons (Fsp3) is 0.647. The molecular formula is C17H34O. The number of furan rings is 1. The van der Waals surface area contributed by atoms with Gasteiger partial charge in [0.25, 0.3) is 0 Å². The third-order valence-electron chi connectivity index (χ3n) is 2.13. The van der Waals surface area contributed by atoms with E-state index in [9.17, 15) is 0 Å². The molecule has 1 heteroatoms. The van der Waals surface area contributed by atoms with Crippen LogP contribution >= 0.6 is 0 Å². The van der Waals surface area contributed by atoms with Crippen molar-refractivity contribution in [2.45, 2.75) is 75.2 Å². The third-order valence-corrected chi connectivity index (χ3v) is 2.13. The Morgan fingerprint density at radius 2 is 1.50 bits per heavy atom. The topological polar surface area (TPSA) is 13.1 Å². The minimum Gasteiger partial charge on any atom is -0.466 e. The van der Waals surface area contributed by atoms with Gasteiger partial charge in [0.1, 0.15) is 11.5 Å². The Labute approximate surface area is 115 Å². The van der Waals surface area contributed by atoms with Gasteiger partial charge in [-0.1, -0.05) is 47.1 Å². The second-order valence-corrected chi connectivity index (χ2v) is 3.60. The van der Waals surface area contributed by atoms with E-state index in [2.05, 4.69) is 26.5 Å². The Hall–Kier alpha value is -0.980. The first-order chi connectivity index (χ1) is 8.51. The Morgan fingerprint density at radius 1 is 1.11 bits per heavy atom. The first-order valence-corrected chi connectivity index (χ1v) is 7.21. The molecule has 0 saturated carbocycles. The van der Waals surface area contributed by atoms with Crippen molar-refractivity contribution in [1.82, 2.24) is 0 Å². The normalized spacial score (nSPS) is 7.83. The zero-order valence-electron chi connectivity index (χ0n) is 14.1. The van der Waals surface area contributed by atoms with Gasteiger partial charge in [0.05, 0.1) is 0 Å². The van der Waals surface area contributed by atoms with Crippen LogP contribution in [0.2, 0.25) is 0 Å². The molecule has 0 aliphatic rings. The maximum atomic E-state index is 5.31. The van der Waals surface area contributed by atoms with E-state index in [4.69, 9.17) is 4.42 Å². The molecule has 1 rings (SSSR count). The summed E-state index contributed by atoms with van der Waals surface area (Å²) in [5.41, 5.74) is 2.58. The van der Waals surface area contributed by atoms with Gasteiger partial charge in [0.15, 0.2) is 0 Å². The Bertz CT molecular complexity index is 282. The lowest BCUT2D eigenvalue weighted by Crippen LogP contribution is -1.75. The van der Waals surface area contributed by atoms with Crippen LogP contribution in [0.25, 0.3) is 0 Å². The summed E-state index contributed by atoms with van der Waals surface area (Å²) in [6.07, 6.45) is 2.18. The monoisotopic (exact) mass is 254 g/mol. The quantitative estimate of drug-likeness (QED) is 0.550. The van der Waals surface area contributed by atoms with E-state index in [1.807, 2.05) is 48.5 Å². The lowest BCUT2D eigenvalue weighted by atomic mass is 10.2. The van der Waals surface area contributed by atoms with Crippen LogP contribution in [0.15, 0.2) is 22.6 Å². The van der Waals surface area contributed by atoms with Gasteiger partial charge in [-0.25, -0.2) is 0 Å². The summed E-state index contributed by atoms with van der Waals surface area (Å²) < 4.78 is 5.31. The third kappa shape index (κ3) is 13.1. The molecule has 0 atom stereocenters. The molecule has 0 amide bonds. The summed E-state index contributed by atoms with van der Waals surface area (Å²) in [7, 11) is 0. The molecule has 0 unspecified atom stereocenters. The predicted molar refractivity (Wildman–Crippen MR) is 85.4 cm³/mol. The maximum Gasteiger partial charge on any atom is 0.104 e. The molecule has 18 heavy (non-hydrogen) atoms. The summed E-state index contributed by atoms with van der Waals surface area (Å²) in [4.78, 5) is 0. The van der Waals surface area contributed by atoms with Gasteiger partial charge in [-0.2, -0.15) is 0 Å². The largest absolute Gasteiger partial charge is 0.466 e. The van der Waals surface area contributed by atoms with Crippen LogP contribution in [-0.4, -0.2) is 0 Å². The minimum absolute atomic E-state index is 1.02. The van der Waals surface area contributed by atoms with Gasteiger partial charge in [0.2, 0.25) is 0 Å². The molecule has 1 nitrogen and oxygen atoms in total. The SMILES string of the molecule is C=C(C)CC.CC.CC.CCc1cc(C)oc1C. The van der Waals surface area contributed by atoms with Gasteiger partial charge < -0.3 is 4.42 Å². The second kappa shape index (κ2) is 16.0. The van der Waals surface area contributed by atoms with E-state index in [1.165, 1.54) is 11.1 Å². The van der Waals surface area contributed by atoms with Crippen LogP contribution in [0.4, 0.5) is 0 Å². The lowest BCUT2D eigenvalue weighted by Gasteiger charge is -1.86. The van der Waals surface area contributed by atoms with Crippen molar-refractivity contribution in [3.05, 3.63) is 35.3 Å². The molecule has 1 aromatic rings. The smallest absolute Gasteiger partial charge is 0.104 e. The van der Waals surface area contributed by atoms with Gasteiger partial charge in [-0.15, -0.1) is 6.58 Å². The molecule has 1 heterocycles. The van der Waals surface area contributed by atoms with Crippen LogP contribution in [0.3, 0.4) is 0 Å². The minimum atomic E-state index is 1.02. The molecule has 0 saturated heterocycles. The zero-order valence-corrected chi connectivity index (χ0v) is 14.1. The fourth-order valence-corrected chi connectivity index (χ4v) is 1.03. The molecule has 0 N–H and O–H groups in total. The number of aryl methyl sites for hydroxylation is 3. The second-order valence-electron chi connectivity index (χ2n) is 3.60. The number of rotatable bonds is 2. The summed E-state index contributed by atoms with van der Waals surface area (Å²) in [5.74, 6) is 2.08. The van der Waals surface area contributed by atoms with Crippen LogP contribution in [0.5, 0.6) is 0 Å². The van der Waals surface area contributed by atoms with E-state index >= 15 is 0 Å². The molecule has 108 valence electrons. The molecule has 0 aliphatic carbocycles. The molecule has 0 fully saturated rings. The van der Waals surface area contributed by atoms with Gasteiger partial charge >= 0.3 is 0 Å². The number of hydrogen-bond donors (Lipinski definition) is 0. The Kier molecular flexibility index (Phi) is 19.8. The first kappa shape index (κ1) is 22.2. The van der Waals surface area contributed by atoms with Gasteiger partial charge in [-0.3, -0.25) is 0 Å². The molecular weight excluding hydrogens is 220 g/mol. The molecule has 0 bridgehead atoms. The van der Waals surface area contributed by atoms with Crippen LogP contribution in [0, 0.1) is 13.8 Å². The molecule has 0 aromatic carbocycles. The van der Waals surface area contributed by atoms with Crippen molar-refractivity contribution in [2.75, 3.05) is 0 Å². The Morgan fingerprint density at radius 3 is 1.61 bits per heavy atom. The highest BCUT2D eigenvalue weighted by atomic mass is 16.3. The highest BCUT2D eigenvalue weighted by molar-refractivity contribution is 5.19. The molecule has 1 aromatic heterocycles. The average Bonchev–Trinajstić information content (AvgIpc) is 2.73. The van der Waals surface area contributed by atoms with Gasteiger partial charge in [-0.05, 0) is 45.2 Å². The number of allylic oxidation sites excluding steroid dienone is 1. The zero-order chi connectivity index (χ0) is 15.1. The highest BCUT2D eigenvalue weighted by Crippen LogP contribution is 2.13. The van der Waals surface area contributed by atoms with Crippen LogP contribution in [-0.2, 0) is 6.42 Å². The molecule has 0 spiro atoms. The fourth-order valence-electron chi connectivity index (χ4n) is 1.03. The standard InChI is InChI=1S/C8H12O.C5H10.2C2H6/c1-4-8-5-6(2)9-7(8)3;1-4-5(2)3;2*1-2/h5H,4H2,1-3H3;2,4H2,1,3H3;2*1-2H3. The van der Waals surface area contributed by atoms with Crippen molar-refractivity contribution in [1.29, 1.82) is 0 Å². The lowest BCUT2D eigenvalue weighted by molar-refractivity contribution is 0.501. The molecule has 0 aliphatic heterocycles. The summed E-state index contributed by atoms with van der Waals surface area (Å²) >= 11 is 0. The van der Waals surface area contributed by atoms with Crippen molar-refractivity contribution in [2.24, 2.45) is 0 Å². The van der Waals surface area contributed by atoms with E-state index in [-0.39, 0.29) is 0 Å². The van der Waals surface area contributed by atoms with E-state index < -0.39 is 0 Å². The summed E-state index contributed by atoms with van der Waals surface area (Å²) in [6.45, 7) is 21.9.